The number of hydrogen-bond acceptors (Lipinski definition) is 5. The van der Waals surface area contributed by atoms with Crippen LogP contribution in [-0.4, -0.2) is 34.0 Å². The Morgan fingerprint density at radius 3 is 2.24 bits per heavy atom. The van der Waals surface area contributed by atoms with Gasteiger partial charge in [-0.15, -0.1) is 0 Å². The highest BCUT2D eigenvalue weighted by atomic mass is 19.4. The van der Waals surface area contributed by atoms with Crippen molar-refractivity contribution in [3.8, 4) is 11.8 Å². The second-order valence-electron chi connectivity index (χ2n) is 9.38. The monoisotopic (exact) mass is 518 g/mol. The van der Waals surface area contributed by atoms with Crippen molar-refractivity contribution in [3.05, 3.63) is 71.1 Å². The molecule has 37 heavy (non-hydrogen) atoms. The van der Waals surface area contributed by atoms with Crippen molar-refractivity contribution < 1.29 is 36.1 Å². The molecular weight excluding hydrogens is 498 g/mol. The van der Waals surface area contributed by atoms with Gasteiger partial charge >= 0.3 is 13.3 Å². The first-order valence-corrected chi connectivity index (χ1v) is 11.0. The van der Waals surface area contributed by atoms with Gasteiger partial charge in [0.2, 0.25) is 0 Å². The molecule has 0 spiro atoms. The molecule has 3 aromatic rings. The van der Waals surface area contributed by atoms with Crippen molar-refractivity contribution in [3.63, 3.8) is 0 Å². The predicted octanol–water partition coefficient (Wildman–Crippen LogP) is 4.59. The average molecular weight is 518 g/mol. The summed E-state index contributed by atoms with van der Waals surface area (Å²) in [6.07, 6.45) is -4.91. The maximum Gasteiger partial charge on any atom is 0.494 e. The van der Waals surface area contributed by atoms with Gasteiger partial charge < -0.3 is 14.6 Å². The molecule has 0 atom stereocenters. The van der Waals surface area contributed by atoms with Crippen LogP contribution in [0.25, 0.3) is 5.69 Å². The lowest BCUT2D eigenvalue weighted by Crippen LogP contribution is -2.41. The number of aromatic nitrogens is 2. The summed E-state index contributed by atoms with van der Waals surface area (Å²) in [4.78, 5) is 12.9. The Morgan fingerprint density at radius 1 is 1.03 bits per heavy atom. The van der Waals surface area contributed by atoms with E-state index < -0.39 is 59.0 Å². The zero-order chi connectivity index (χ0) is 27.3. The molecule has 1 N–H and O–H groups in total. The smallest absolute Gasteiger partial charge is 0.399 e. The van der Waals surface area contributed by atoms with E-state index in [-0.39, 0.29) is 11.4 Å². The van der Waals surface area contributed by atoms with Gasteiger partial charge in [0.05, 0.1) is 28.1 Å². The van der Waals surface area contributed by atoms with Crippen LogP contribution in [0.5, 0.6) is 0 Å². The topological polar surface area (TPSA) is 89.2 Å². The predicted molar refractivity (Wildman–Crippen MR) is 123 cm³/mol. The lowest BCUT2D eigenvalue weighted by atomic mass is 9.79. The normalized spacial score (nSPS) is 16.5. The first-order chi connectivity index (χ1) is 17.1. The van der Waals surface area contributed by atoms with E-state index in [0.29, 0.717) is 16.2 Å². The van der Waals surface area contributed by atoms with E-state index in [0.717, 1.165) is 24.3 Å². The molecule has 1 aliphatic rings. The number of amides is 1. The molecule has 192 valence electrons. The molecule has 7 nitrogen and oxygen atoms in total. The third kappa shape index (κ3) is 4.94. The SMILES string of the molecule is CC1(C)OB(c2ccc(NC(=O)c3cc(C(F)(F)F)nn3-c3ccc(F)c(C#N)c3)c(F)c2)OC1(C)C. The van der Waals surface area contributed by atoms with Crippen molar-refractivity contribution >= 4 is 24.2 Å². The Bertz CT molecular complexity index is 1410. The van der Waals surface area contributed by atoms with Crippen molar-refractivity contribution in [2.45, 2.75) is 45.1 Å². The van der Waals surface area contributed by atoms with Gasteiger partial charge in [0.1, 0.15) is 23.4 Å². The van der Waals surface area contributed by atoms with Crippen LogP contribution in [-0.2, 0) is 15.5 Å². The van der Waals surface area contributed by atoms with Gasteiger partial charge in [0.15, 0.2) is 5.69 Å². The Balaban J connectivity index is 1.65. The summed E-state index contributed by atoms with van der Waals surface area (Å²) in [5.41, 5.74) is -3.96. The molecule has 1 saturated heterocycles. The minimum absolute atomic E-state index is 0.171. The number of anilines is 1. The van der Waals surface area contributed by atoms with Crippen molar-refractivity contribution in [1.82, 2.24) is 9.78 Å². The van der Waals surface area contributed by atoms with Crippen LogP contribution >= 0.6 is 0 Å². The second kappa shape index (κ2) is 8.97. The Morgan fingerprint density at radius 2 is 1.68 bits per heavy atom. The lowest BCUT2D eigenvalue weighted by Gasteiger charge is -2.32. The van der Waals surface area contributed by atoms with E-state index in [9.17, 15) is 26.7 Å². The minimum Gasteiger partial charge on any atom is -0.399 e. The zero-order valence-electron chi connectivity index (χ0n) is 20.1. The van der Waals surface area contributed by atoms with E-state index in [1.54, 1.807) is 6.07 Å². The highest BCUT2D eigenvalue weighted by molar-refractivity contribution is 6.62. The molecule has 0 aliphatic carbocycles. The Kier molecular flexibility index (Phi) is 6.38. The number of carbonyl (C=O) groups is 1. The molecule has 1 aliphatic heterocycles. The molecule has 0 saturated carbocycles. The van der Waals surface area contributed by atoms with Crippen LogP contribution < -0.4 is 10.8 Å². The van der Waals surface area contributed by atoms with Crippen LogP contribution in [0.3, 0.4) is 0 Å². The third-order valence-electron chi connectivity index (χ3n) is 6.31. The number of carbonyl (C=O) groups excluding carboxylic acids is 1. The minimum atomic E-state index is -4.91. The van der Waals surface area contributed by atoms with Crippen molar-refractivity contribution in [2.75, 3.05) is 5.32 Å². The number of alkyl halides is 3. The van der Waals surface area contributed by atoms with Gasteiger partial charge in [-0.3, -0.25) is 4.79 Å². The summed E-state index contributed by atoms with van der Waals surface area (Å²) in [5, 5.41) is 14.7. The molecule has 0 radical (unpaired) electrons. The fraction of sp³-hybridized carbons (Fsp3) is 0.292. The number of rotatable bonds is 4. The van der Waals surface area contributed by atoms with Crippen LogP contribution in [0.2, 0.25) is 0 Å². The standard InChI is InChI=1S/C24H20BF5N4O3/c1-22(2)23(3,4)37-25(36-22)14-5-8-18(17(27)10-14)32-21(35)19-11-20(24(28,29)30)33-34(19)15-6-7-16(26)13(9-15)12-31/h5-11H,1-4H3,(H,32,35). The van der Waals surface area contributed by atoms with Gasteiger partial charge in [0, 0.05) is 6.07 Å². The van der Waals surface area contributed by atoms with Crippen LogP contribution in [0.4, 0.5) is 27.6 Å². The van der Waals surface area contributed by atoms with Gasteiger partial charge in [-0.1, -0.05) is 6.07 Å². The summed E-state index contributed by atoms with van der Waals surface area (Å²) in [7, 11) is -0.868. The van der Waals surface area contributed by atoms with E-state index in [1.807, 2.05) is 27.7 Å². The van der Waals surface area contributed by atoms with Crippen LogP contribution in [0.15, 0.2) is 42.5 Å². The van der Waals surface area contributed by atoms with E-state index in [4.69, 9.17) is 14.6 Å². The summed E-state index contributed by atoms with van der Waals surface area (Å²) >= 11 is 0. The molecule has 0 bridgehead atoms. The van der Waals surface area contributed by atoms with Gasteiger partial charge in [-0.25, -0.2) is 13.5 Å². The molecule has 13 heteroatoms. The average Bonchev–Trinajstić information content (AvgIpc) is 3.34. The van der Waals surface area contributed by atoms with Crippen molar-refractivity contribution in [1.29, 1.82) is 5.26 Å². The number of nitriles is 1. The molecule has 1 fully saturated rings. The van der Waals surface area contributed by atoms with Gasteiger partial charge in [-0.2, -0.15) is 23.5 Å². The van der Waals surface area contributed by atoms with Crippen LogP contribution in [0, 0.1) is 23.0 Å². The summed E-state index contributed by atoms with van der Waals surface area (Å²) in [5.74, 6) is -2.89. The molecule has 2 heterocycles. The number of hydrogen-bond donors (Lipinski definition) is 1. The number of benzene rings is 2. The van der Waals surface area contributed by atoms with E-state index in [1.165, 1.54) is 12.1 Å². The molecule has 1 amide bonds. The first kappa shape index (κ1) is 26.3. The first-order valence-electron chi connectivity index (χ1n) is 11.0. The number of nitrogens with zero attached hydrogens (tertiary/aromatic N) is 3. The zero-order valence-corrected chi connectivity index (χ0v) is 20.1. The second-order valence-corrected chi connectivity index (χ2v) is 9.38. The fourth-order valence-electron chi connectivity index (χ4n) is 3.55. The molecule has 4 rings (SSSR count). The largest absolute Gasteiger partial charge is 0.494 e. The lowest BCUT2D eigenvalue weighted by molar-refractivity contribution is -0.141. The highest BCUT2D eigenvalue weighted by Gasteiger charge is 2.51. The summed E-state index contributed by atoms with van der Waals surface area (Å²) < 4.78 is 81.1. The van der Waals surface area contributed by atoms with Gasteiger partial charge in [-0.05, 0) is 63.5 Å². The van der Waals surface area contributed by atoms with Crippen molar-refractivity contribution in [2.24, 2.45) is 0 Å². The fourth-order valence-corrected chi connectivity index (χ4v) is 3.55. The molecular formula is C24H20BF5N4O3. The quantitative estimate of drug-likeness (QED) is 0.403. The molecule has 2 aromatic carbocycles. The maximum absolute atomic E-state index is 14.9. The number of halogens is 5. The van der Waals surface area contributed by atoms with Crippen LogP contribution in [0.1, 0.15) is 49.4 Å². The van der Waals surface area contributed by atoms with E-state index >= 15 is 0 Å². The number of nitrogens with one attached hydrogen (secondary N) is 1. The summed E-state index contributed by atoms with van der Waals surface area (Å²) in [6.45, 7) is 7.32. The van der Waals surface area contributed by atoms with Gasteiger partial charge in [0.25, 0.3) is 5.91 Å². The molecule has 1 aromatic heterocycles. The Hall–Kier alpha value is -3.76. The van der Waals surface area contributed by atoms with E-state index in [2.05, 4.69) is 10.4 Å². The third-order valence-corrected chi connectivity index (χ3v) is 6.31. The molecule has 0 unspecified atom stereocenters. The Labute approximate surface area is 208 Å². The highest BCUT2D eigenvalue weighted by Crippen LogP contribution is 2.36. The maximum atomic E-state index is 14.9. The summed E-state index contributed by atoms with van der Waals surface area (Å²) in [6, 6.07) is 8.68.